The van der Waals surface area contributed by atoms with Crippen LogP contribution >= 0.6 is 10.6 Å². The maximum absolute atomic E-state index is 14.8. The molecule has 188 valence electrons. The molecule has 3 rings (SSSR count). The van der Waals surface area contributed by atoms with Crippen molar-refractivity contribution in [2.75, 3.05) is 31.0 Å². The van der Waals surface area contributed by atoms with Crippen LogP contribution in [0.4, 0.5) is 18.9 Å². The first-order valence-corrected chi connectivity index (χ1v) is 12.1. The lowest BCUT2D eigenvalue weighted by atomic mass is 9.92. The van der Waals surface area contributed by atoms with E-state index in [0.717, 1.165) is 6.07 Å². The van der Waals surface area contributed by atoms with Gasteiger partial charge in [0, 0.05) is 11.3 Å². The van der Waals surface area contributed by atoms with Crippen LogP contribution in [0.3, 0.4) is 0 Å². The Hall–Kier alpha value is -3.27. The highest BCUT2D eigenvalue weighted by Gasteiger charge is 2.51. The minimum absolute atomic E-state index is 0.00845. The van der Waals surface area contributed by atoms with Gasteiger partial charge in [-0.05, 0) is 44.2 Å². The molecule has 1 aliphatic rings. The zero-order valence-corrected chi connectivity index (χ0v) is 19.8. The summed E-state index contributed by atoms with van der Waals surface area (Å²) in [4.78, 5) is 20.7. The highest BCUT2D eigenvalue weighted by Crippen LogP contribution is 2.59. The second-order valence-corrected chi connectivity index (χ2v) is 10.9. The number of halogens is 3. The molecule has 1 aromatic heterocycles. The number of carbonyl (C=O) groups is 1. The van der Waals surface area contributed by atoms with Gasteiger partial charge in [0.15, 0.2) is 0 Å². The molecule has 1 amide bonds. The lowest BCUT2D eigenvalue weighted by molar-refractivity contribution is 0.102. The first-order chi connectivity index (χ1) is 16.5. The van der Waals surface area contributed by atoms with Gasteiger partial charge < -0.3 is 15.8 Å². The van der Waals surface area contributed by atoms with E-state index in [-0.39, 0.29) is 29.4 Å². The number of ether oxygens (including phenoxy) is 1. The molecule has 5 N–H and O–H groups in total. The summed E-state index contributed by atoms with van der Waals surface area (Å²) in [5.41, 5.74) is 3.80. The molecule has 2 aromatic rings. The van der Waals surface area contributed by atoms with E-state index in [1.165, 1.54) is 44.3 Å². The SMILES string of the molecule is CC1(C)C(N)=N[C@](CF)(c2cc(NC(=O)c3ccc(OCC#CCF)cn3)ccc2F)CS1(O)O. The summed E-state index contributed by atoms with van der Waals surface area (Å²) in [6, 6.07) is 6.31. The molecule has 12 heteroatoms. The van der Waals surface area contributed by atoms with E-state index in [2.05, 4.69) is 27.1 Å². The average molecular weight is 511 g/mol. The third-order valence-electron chi connectivity index (χ3n) is 5.63. The molecule has 0 radical (unpaired) electrons. The van der Waals surface area contributed by atoms with E-state index >= 15 is 0 Å². The number of aliphatic imine (C=N–C) groups is 1. The molecule has 2 heterocycles. The maximum atomic E-state index is 14.8. The largest absolute Gasteiger partial charge is 0.479 e. The summed E-state index contributed by atoms with van der Waals surface area (Å²) in [6.07, 6.45) is 1.28. The number of alkyl halides is 2. The van der Waals surface area contributed by atoms with Gasteiger partial charge in [0.1, 0.15) is 53.3 Å². The lowest BCUT2D eigenvalue weighted by Gasteiger charge is -2.53. The number of nitrogens with two attached hydrogens (primary N) is 1. The van der Waals surface area contributed by atoms with Crippen molar-refractivity contribution in [3.05, 3.63) is 53.6 Å². The third kappa shape index (κ3) is 5.37. The van der Waals surface area contributed by atoms with Crippen LogP contribution in [0.15, 0.2) is 41.5 Å². The van der Waals surface area contributed by atoms with Gasteiger partial charge in [0.25, 0.3) is 5.91 Å². The van der Waals surface area contributed by atoms with Crippen LogP contribution in [0.25, 0.3) is 0 Å². The number of pyridine rings is 1. The quantitative estimate of drug-likeness (QED) is 0.437. The number of nitrogens with zero attached hydrogens (tertiary/aromatic N) is 2. The van der Waals surface area contributed by atoms with E-state index in [4.69, 9.17) is 10.5 Å². The second kappa shape index (κ2) is 10.2. The van der Waals surface area contributed by atoms with Gasteiger partial charge in [0.2, 0.25) is 0 Å². The molecule has 1 atom stereocenters. The Labute approximate surface area is 202 Å². The maximum Gasteiger partial charge on any atom is 0.274 e. The molecule has 0 saturated carbocycles. The monoisotopic (exact) mass is 510 g/mol. The van der Waals surface area contributed by atoms with Gasteiger partial charge in [-0.3, -0.25) is 18.9 Å². The van der Waals surface area contributed by atoms with Gasteiger partial charge in [-0.15, -0.1) is 0 Å². The fraction of sp³-hybridized carbons (Fsp3) is 0.348. The minimum atomic E-state index is -3.49. The van der Waals surface area contributed by atoms with Gasteiger partial charge in [-0.1, -0.05) is 11.8 Å². The van der Waals surface area contributed by atoms with Crippen molar-refractivity contribution in [1.82, 2.24) is 4.98 Å². The summed E-state index contributed by atoms with van der Waals surface area (Å²) in [5.74, 6) is 2.71. The Morgan fingerprint density at radius 2 is 2.00 bits per heavy atom. The van der Waals surface area contributed by atoms with Crippen molar-refractivity contribution in [3.63, 3.8) is 0 Å². The molecule has 0 spiro atoms. The standard InChI is InChI=1S/C23H25F3N4O4S/c1-22(2)21(27)30-23(13-25,14-35(22,32)33)17-11-15(5-7-18(17)26)29-20(31)19-8-6-16(12-28-19)34-10-4-3-9-24/h5-8,11-12,32-33H,9-10,13-14H2,1-2H3,(H2,27,30)(H,29,31)/t23-/m0/s1. The van der Waals surface area contributed by atoms with Crippen LogP contribution in [0.5, 0.6) is 5.75 Å². The Morgan fingerprint density at radius 1 is 1.26 bits per heavy atom. The van der Waals surface area contributed by atoms with E-state index in [0.29, 0.717) is 5.75 Å². The van der Waals surface area contributed by atoms with Gasteiger partial charge >= 0.3 is 0 Å². The number of hydrogen-bond acceptors (Lipinski definition) is 7. The lowest BCUT2D eigenvalue weighted by Crippen LogP contribution is -2.53. The molecule has 8 nitrogen and oxygen atoms in total. The Morgan fingerprint density at radius 3 is 2.60 bits per heavy atom. The van der Waals surface area contributed by atoms with Crippen molar-refractivity contribution in [2.45, 2.75) is 24.1 Å². The Kier molecular flexibility index (Phi) is 7.64. The third-order valence-corrected chi connectivity index (χ3v) is 8.35. The van der Waals surface area contributed by atoms with Crippen LogP contribution in [0.1, 0.15) is 29.9 Å². The number of amidine groups is 1. The number of anilines is 1. The molecule has 0 aliphatic carbocycles. The summed E-state index contributed by atoms with van der Waals surface area (Å²) >= 11 is 0. The molecule has 0 saturated heterocycles. The van der Waals surface area contributed by atoms with Crippen LogP contribution < -0.4 is 15.8 Å². The van der Waals surface area contributed by atoms with E-state index < -0.39 is 51.7 Å². The van der Waals surface area contributed by atoms with E-state index in [1.54, 1.807) is 0 Å². The second-order valence-electron chi connectivity index (χ2n) is 8.29. The van der Waals surface area contributed by atoms with Crippen LogP contribution in [0.2, 0.25) is 0 Å². The highest BCUT2D eigenvalue weighted by atomic mass is 32.3. The van der Waals surface area contributed by atoms with Crippen molar-refractivity contribution < 1.29 is 31.8 Å². The molecule has 1 aromatic carbocycles. The molecule has 0 unspecified atom stereocenters. The number of hydrogen-bond donors (Lipinski definition) is 4. The minimum Gasteiger partial charge on any atom is -0.479 e. The Bertz CT molecular complexity index is 1200. The number of rotatable bonds is 6. The first-order valence-electron chi connectivity index (χ1n) is 10.3. The summed E-state index contributed by atoms with van der Waals surface area (Å²) in [6.45, 7) is 0.875. The summed E-state index contributed by atoms with van der Waals surface area (Å²) in [5, 5.41) is 2.54. The van der Waals surface area contributed by atoms with Crippen LogP contribution in [-0.4, -0.2) is 56.3 Å². The topological polar surface area (TPSA) is 130 Å². The molecular weight excluding hydrogens is 485 g/mol. The molecule has 1 aliphatic heterocycles. The number of aromatic nitrogens is 1. The summed E-state index contributed by atoms with van der Waals surface area (Å²) < 4.78 is 66.3. The Balaban J connectivity index is 1.84. The van der Waals surface area contributed by atoms with Crippen molar-refractivity contribution in [2.24, 2.45) is 10.7 Å². The first kappa shape index (κ1) is 26.3. The highest BCUT2D eigenvalue weighted by molar-refractivity contribution is 8.26. The number of nitrogens with one attached hydrogen (secondary N) is 1. The smallest absolute Gasteiger partial charge is 0.274 e. The normalized spacial score (nSPS) is 21.2. The molecular formula is C23H25F3N4O4S. The predicted molar refractivity (Wildman–Crippen MR) is 129 cm³/mol. The zero-order chi connectivity index (χ0) is 25.9. The van der Waals surface area contributed by atoms with Gasteiger partial charge in [-0.2, -0.15) is 10.6 Å². The number of benzene rings is 1. The van der Waals surface area contributed by atoms with Crippen LogP contribution in [-0.2, 0) is 5.54 Å². The molecule has 0 fully saturated rings. The van der Waals surface area contributed by atoms with Crippen LogP contribution in [0, 0.1) is 17.7 Å². The fourth-order valence-corrected chi connectivity index (χ4v) is 5.03. The molecule has 0 bridgehead atoms. The molecule has 35 heavy (non-hydrogen) atoms. The van der Waals surface area contributed by atoms with E-state index in [9.17, 15) is 27.1 Å². The summed E-state index contributed by atoms with van der Waals surface area (Å²) in [7, 11) is -3.49. The van der Waals surface area contributed by atoms with Gasteiger partial charge in [-0.25, -0.2) is 18.2 Å². The predicted octanol–water partition coefficient (Wildman–Crippen LogP) is 3.89. The fourth-order valence-electron chi connectivity index (χ4n) is 3.33. The number of carbonyl (C=O) groups excluding carboxylic acids is 1. The zero-order valence-electron chi connectivity index (χ0n) is 19.0. The van der Waals surface area contributed by atoms with Crippen molar-refractivity contribution in [3.8, 4) is 17.6 Å². The average Bonchev–Trinajstić information content (AvgIpc) is 2.81. The number of amides is 1. The van der Waals surface area contributed by atoms with Crippen molar-refractivity contribution >= 4 is 28.0 Å². The van der Waals surface area contributed by atoms with Gasteiger partial charge in [0.05, 0.1) is 11.9 Å². The van der Waals surface area contributed by atoms with Crippen molar-refractivity contribution in [1.29, 1.82) is 0 Å². The van der Waals surface area contributed by atoms with E-state index in [1.807, 2.05) is 0 Å².